The molecule has 3 aromatic carbocycles. The number of hydrogen-bond donors (Lipinski definition) is 0. The smallest absolute Gasteiger partial charge is 0.119 e. The summed E-state index contributed by atoms with van der Waals surface area (Å²) in [5, 5.41) is 0. The number of hydrogen-bond acceptors (Lipinski definition) is 3. The quantitative estimate of drug-likeness (QED) is 0.504. The summed E-state index contributed by atoms with van der Waals surface area (Å²) >= 11 is 0. The van der Waals surface area contributed by atoms with Gasteiger partial charge >= 0.3 is 0 Å². The number of benzene rings is 3. The molecule has 0 unspecified atom stereocenters. The molecule has 30 heavy (non-hydrogen) atoms. The topological polar surface area (TPSA) is 15.7 Å². The molecule has 1 fully saturated rings. The predicted molar refractivity (Wildman–Crippen MR) is 124 cm³/mol. The van der Waals surface area contributed by atoms with Crippen molar-refractivity contribution in [1.82, 2.24) is 9.80 Å². The number of ether oxygens (including phenoxy) is 1. The second-order valence-corrected chi connectivity index (χ2v) is 8.29. The maximum atomic E-state index is 5.60. The molecule has 0 saturated carbocycles. The van der Waals surface area contributed by atoms with Gasteiger partial charge in [-0.2, -0.15) is 0 Å². The Hall–Kier alpha value is -2.62. The average Bonchev–Trinajstić information content (AvgIpc) is 3.12. The van der Waals surface area contributed by atoms with Crippen LogP contribution in [0.1, 0.15) is 40.9 Å². The number of nitrogens with zero attached hydrogens (tertiary/aromatic N) is 2. The van der Waals surface area contributed by atoms with Gasteiger partial charge in [-0.15, -0.1) is 0 Å². The fraction of sp³-hybridized carbons (Fsp3) is 0.333. The van der Waals surface area contributed by atoms with E-state index in [4.69, 9.17) is 4.74 Å². The summed E-state index contributed by atoms with van der Waals surface area (Å²) in [7, 11) is 0. The molecule has 1 heterocycles. The number of aryl methyl sites for hydroxylation is 2. The minimum Gasteiger partial charge on any atom is -0.494 e. The zero-order chi connectivity index (χ0) is 20.9. The third-order valence-corrected chi connectivity index (χ3v) is 5.83. The van der Waals surface area contributed by atoms with Gasteiger partial charge in [0.05, 0.1) is 12.8 Å². The van der Waals surface area contributed by atoms with E-state index >= 15 is 0 Å². The number of rotatable bonds is 7. The lowest BCUT2D eigenvalue weighted by atomic mass is 10.1. The average molecular weight is 401 g/mol. The van der Waals surface area contributed by atoms with Gasteiger partial charge in [-0.05, 0) is 49.6 Å². The highest BCUT2D eigenvalue weighted by Gasteiger charge is 2.33. The molecule has 3 heteroatoms. The second-order valence-electron chi connectivity index (χ2n) is 8.29. The van der Waals surface area contributed by atoms with Crippen molar-refractivity contribution in [3.05, 3.63) is 101 Å². The molecule has 1 aliphatic rings. The van der Waals surface area contributed by atoms with Crippen LogP contribution in [0.3, 0.4) is 0 Å². The van der Waals surface area contributed by atoms with Crippen molar-refractivity contribution in [1.29, 1.82) is 0 Å². The fourth-order valence-corrected chi connectivity index (χ4v) is 4.36. The van der Waals surface area contributed by atoms with E-state index in [0.29, 0.717) is 6.61 Å². The van der Waals surface area contributed by atoms with Crippen molar-refractivity contribution >= 4 is 0 Å². The lowest BCUT2D eigenvalue weighted by molar-refractivity contribution is 0.126. The molecule has 3 nitrogen and oxygen atoms in total. The summed E-state index contributed by atoms with van der Waals surface area (Å²) < 4.78 is 5.60. The minimum atomic E-state index is 0.290. The van der Waals surface area contributed by atoms with E-state index in [1.54, 1.807) is 0 Å². The zero-order valence-corrected chi connectivity index (χ0v) is 18.3. The molecule has 1 aliphatic heterocycles. The molecule has 0 aliphatic carbocycles. The molecule has 156 valence electrons. The first kappa shape index (κ1) is 20.6. The van der Waals surface area contributed by atoms with Crippen LogP contribution >= 0.6 is 0 Å². The first-order valence-corrected chi connectivity index (χ1v) is 10.9. The van der Waals surface area contributed by atoms with Crippen molar-refractivity contribution < 1.29 is 4.74 Å². The van der Waals surface area contributed by atoms with Crippen molar-refractivity contribution in [3.63, 3.8) is 0 Å². The maximum absolute atomic E-state index is 5.60. The van der Waals surface area contributed by atoms with Crippen molar-refractivity contribution in [2.45, 2.75) is 40.0 Å². The maximum Gasteiger partial charge on any atom is 0.119 e. The van der Waals surface area contributed by atoms with Crippen molar-refractivity contribution in [2.75, 3.05) is 19.7 Å². The largest absolute Gasteiger partial charge is 0.494 e. The van der Waals surface area contributed by atoms with Crippen LogP contribution in [0.2, 0.25) is 0 Å². The first-order valence-electron chi connectivity index (χ1n) is 10.9. The van der Waals surface area contributed by atoms with Gasteiger partial charge in [-0.3, -0.25) is 9.80 Å². The molecule has 0 aromatic heterocycles. The summed E-state index contributed by atoms with van der Waals surface area (Å²) in [6.07, 6.45) is 0.290. The van der Waals surface area contributed by atoms with Crippen LogP contribution in [-0.2, 0) is 13.1 Å². The molecule has 4 rings (SSSR count). The third-order valence-electron chi connectivity index (χ3n) is 5.83. The summed E-state index contributed by atoms with van der Waals surface area (Å²) in [6, 6.07) is 26.5. The predicted octanol–water partition coefficient (Wildman–Crippen LogP) is 5.72. The van der Waals surface area contributed by atoms with E-state index < -0.39 is 0 Å². The molecule has 3 aromatic rings. The van der Waals surface area contributed by atoms with Gasteiger partial charge in [-0.25, -0.2) is 0 Å². The van der Waals surface area contributed by atoms with Crippen LogP contribution in [0.5, 0.6) is 5.75 Å². The molecule has 0 radical (unpaired) electrons. The Balaban J connectivity index is 1.56. The molecule has 0 N–H and O–H groups in total. The molecule has 1 atom stereocenters. The van der Waals surface area contributed by atoms with Gasteiger partial charge in [0.15, 0.2) is 0 Å². The van der Waals surface area contributed by atoms with E-state index in [2.05, 4.69) is 96.4 Å². The SMILES string of the molecule is CCOc1ccc(CN2CCN(Cc3cccc(C)c3)[C@H]2c2ccc(C)cc2)cc1. The summed E-state index contributed by atoms with van der Waals surface area (Å²) in [6.45, 7) is 11.1. The molecule has 0 spiro atoms. The summed E-state index contributed by atoms with van der Waals surface area (Å²) in [4.78, 5) is 5.20. The Morgan fingerprint density at radius 1 is 0.767 bits per heavy atom. The zero-order valence-electron chi connectivity index (χ0n) is 18.3. The summed E-state index contributed by atoms with van der Waals surface area (Å²) in [5.41, 5.74) is 6.71. The minimum absolute atomic E-state index is 0.290. The van der Waals surface area contributed by atoms with Gasteiger partial charge < -0.3 is 4.74 Å². The second kappa shape index (κ2) is 9.46. The van der Waals surface area contributed by atoms with Crippen LogP contribution in [0.25, 0.3) is 0 Å². The van der Waals surface area contributed by atoms with E-state index in [1.807, 2.05) is 6.92 Å². The van der Waals surface area contributed by atoms with Gasteiger partial charge in [0.2, 0.25) is 0 Å². The standard InChI is InChI=1S/C27H32N2O/c1-4-30-26-14-10-23(11-15-26)19-28-16-17-29(20-24-7-5-6-22(3)18-24)27(28)25-12-8-21(2)9-13-25/h5-15,18,27H,4,16-17,19-20H2,1-3H3/t27-/m0/s1. The van der Waals surface area contributed by atoms with E-state index in [9.17, 15) is 0 Å². The van der Waals surface area contributed by atoms with Crippen LogP contribution in [0.4, 0.5) is 0 Å². The highest BCUT2D eigenvalue weighted by Crippen LogP contribution is 2.33. The van der Waals surface area contributed by atoms with Crippen LogP contribution in [-0.4, -0.2) is 29.5 Å². The molecule has 0 amide bonds. The van der Waals surface area contributed by atoms with Crippen LogP contribution < -0.4 is 4.74 Å². The Labute approximate surface area is 180 Å². The van der Waals surface area contributed by atoms with E-state index in [0.717, 1.165) is 31.9 Å². The Morgan fingerprint density at radius 2 is 1.43 bits per heavy atom. The Bertz CT molecular complexity index is 949. The van der Waals surface area contributed by atoms with Crippen LogP contribution in [0, 0.1) is 13.8 Å². The molecule has 1 saturated heterocycles. The highest BCUT2D eigenvalue weighted by molar-refractivity contribution is 5.29. The van der Waals surface area contributed by atoms with E-state index in [1.165, 1.54) is 27.8 Å². The molecular weight excluding hydrogens is 368 g/mol. The van der Waals surface area contributed by atoms with Gasteiger partial charge in [0, 0.05) is 26.2 Å². The Kier molecular flexibility index (Phi) is 6.51. The van der Waals surface area contributed by atoms with E-state index in [-0.39, 0.29) is 6.17 Å². The fourth-order valence-electron chi connectivity index (χ4n) is 4.36. The molecular formula is C27H32N2O. The van der Waals surface area contributed by atoms with Crippen molar-refractivity contribution in [2.24, 2.45) is 0 Å². The normalized spacial score (nSPS) is 17.4. The third kappa shape index (κ3) is 4.92. The highest BCUT2D eigenvalue weighted by atomic mass is 16.5. The Morgan fingerprint density at radius 3 is 2.07 bits per heavy atom. The first-order chi connectivity index (χ1) is 14.6. The van der Waals surface area contributed by atoms with Gasteiger partial charge in [-0.1, -0.05) is 71.8 Å². The van der Waals surface area contributed by atoms with Crippen molar-refractivity contribution in [3.8, 4) is 5.75 Å². The lowest BCUT2D eigenvalue weighted by Crippen LogP contribution is -2.30. The monoisotopic (exact) mass is 400 g/mol. The summed E-state index contributed by atoms with van der Waals surface area (Å²) in [5.74, 6) is 0.943. The van der Waals surface area contributed by atoms with Crippen LogP contribution in [0.15, 0.2) is 72.8 Å². The van der Waals surface area contributed by atoms with Gasteiger partial charge in [0.25, 0.3) is 0 Å². The van der Waals surface area contributed by atoms with Gasteiger partial charge in [0.1, 0.15) is 5.75 Å². The lowest BCUT2D eigenvalue weighted by Gasteiger charge is -2.31. The molecule has 0 bridgehead atoms.